The smallest absolute Gasteiger partial charge is 0.394 e. The van der Waals surface area contributed by atoms with Crippen molar-refractivity contribution in [1.82, 2.24) is 19.3 Å². The number of benzene rings is 1. The Bertz CT molecular complexity index is 1500. The van der Waals surface area contributed by atoms with Gasteiger partial charge in [0.05, 0.1) is 12.3 Å². The zero-order chi connectivity index (χ0) is 28.6. The molecule has 3 rings (SSSR count). The van der Waals surface area contributed by atoms with E-state index in [1.807, 2.05) is 0 Å². The van der Waals surface area contributed by atoms with Crippen molar-refractivity contribution < 1.29 is 31.5 Å². The number of aromatic nitrogens is 1. The number of aliphatic carboxylic acids is 1. The van der Waals surface area contributed by atoms with Crippen LogP contribution in [-0.2, 0) is 42.7 Å². The molecule has 0 radical (unpaired) electrons. The number of nitrogens with one attached hydrogen (secondary N) is 2. The Morgan fingerprint density at radius 2 is 1.62 bits per heavy atom. The summed E-state index contributed by atoms with van der Waals surface area (Å²) in [6, 6.07) is 13.0. The second-order valence-electron chi connectivity index (χ2n) is 8.57. The summed E-state index contributed by atoms with van der Waals surface area (Å²) in [5, 5.41) is 9.73. The monoisotopic (exact) mass is 614 g/mol. The van der Waals surface area contributed by atoms with Crippen LogP contribution in [0.5, 0.6) is 0 Å². The molecule has 210 valence electrons. The van der Waals surface area contributed by atoms with Crippen LogP contribution in [0.25, 0.3) is 0 Å². The molecule has 0 bridgehead atoms. The van der Waals surface area contributed by atoms with Gasteiger partial charge in [-0.15, -0.1) is 11.3 Å². The summed E-state index contributed by atoms with van der Waals surface area (Å²) in [6.07, 6.45) is 3.03. The largest absolute Gasteiger partial charge is 0.474 e. The van der Waals surface area contributed by atoms with Crippen molar-refractivity contribution in [3.63, 3.8) is 0 Å². The van der Waals surface area contributed by atoms with Crippen LogP contribution >= 0.6 is 22.9 Å². The normalized spacial score (nSPS) is 12.7. The van der Waals surface area contributed by atoms with E-state index < -0.39 is 31.9 Å². The van der Waals surface area contributed by atoms with E-state index in [1.54, 1.807) is 43.3 Å². The van der Waals surface area contributed by atoms with Crippen molar-refractivity contribution in [2.24, 2.45) is 0 Å². The molecule has 1 aromatic carbocycles. The van der Waals surface area contributed by atoms with Gasteiger partial charge >= 0.3 is 11.9 Å². The number of nitrogens with zero attached hydrogens (tertiary/aromatic N) is 2. The van der Waals surface area contributed by atoms with Gasteiger partial charge < -0.3 is 10.0 Å². The molecule has 0 aliphatic rings. The van der Waals surface area contributed by atoms with Crippen LogP contribution in [0.3, 0.4) is 0 Å². The molecular formula is C24H27ClN4O7S3. The zero-order valence-electron chi connectivity index (χ0n) is 20.8. The number of halogens is 1. The molecule has 3 aromatic rings. The first kappa shape index (κ1) is 30.7. The average molecular weight is 615 g/mol. The molecule has 2 heterocycles. The minimum Gasteiger partial charge on any atom is -0.474 e. The van der Waals surface area contributed by atoms with Gasteiger partial charge in [-0.05, 0) is 53.4 Å². The summed E-state index contributed by atoms with van der Waals surface area (Å²) in [7, 11) is -7.64. The third-order valence-corrected chi connectivity index (χ3v) is 10.3. The van der Waals surface area contributed by atoms with E-state index >= 15 is 0 Å². The molecule has 1 amide bonds. The van der Waals surface area contributed by atoms with Crippen molar-refractivity contribution in [2.75, 3.05) is 18.8 Å². The highest BCUT2D eigenvalue weighted by molar-refractivity contribution is 7.91. The minimum absolute atomic E-state index is 0.00264. The second kappa shape index (κ2) is 13.5. The Morgan fingerprint density at radius 1 is 0.974 bits per heavy atom. The van der Waals surface area contributed by atoms with Crippen molar-refractivity contribution in [3.05, 3.63) is 82.0 Å². The third-order valence-electron chi connectivity index (χ3n) is 5.49. The van der Waals surface area contributed by atoms with Gasteiger partial charge in [-0.2, -0.15) is 0 Å². The van der Waals surface area contributed by atoms with Crippen molar-refractivity contribution >= 4 is 54.9 Å². The number of rotatable bonds is 13. The number of carbonyl (C=O) groups excluding carboxylic acids is 1. The SMILES string of the molecule is CC(CS(=O)(=O)NCCNS(=O)(=O)c1ccc(CN(Cc2ccncc2)C(=O)C(=O)O)s1)c1ccc(Cl)cc1. The van der Waals surface area contributed by atoms with Crippen molar-refractivity contribution in [1.29, 1.82) is 0 Å². The summed E-state index contributed by atoms with van der Waals surface area (Å²) in [4.78, 5) is 28.9. The first-order valence-electron chi connectivity index (χ1n) is 11.6. The summed E-state index contributed by atoms with van der Waals surface area (Å²) >= 11 is 6.75. The van der Waals surface area contributed by atoms with Gasteiger partial charge in [0.2, 0.25) is 20.0 Å². The lowest BCUT2D eigenvalue weighted by atomic mass is 10.0. The predicted molar refractivity (Wildman–Crippen MR) is 147 cm³/mol. The molecule has 1 atom stereocenters. The van der Waals surface area contributed by atoms with E-state index in [2.05, 4.69) is 14.4 Å². The quantitative estimate of drug-likeness (QED) is 0.195. The van der Waals surface area contributed by atoms with Gasteiger partial charge in [0.15, 0.2) is 0 Å². The molecule has 0 saturated heterocycles. The summed E-state index contributed by atoms with van der Waals surface area (Å²) < 4.78 is 55.0. The molecular weight excluding hydrogens is 588 g/mol. The Labute approximate surface area is 235 Å². The molecule has 15 heteroatoms. The van der Waals surface area contributed by atoms with Gasteiger partial charge in [0, 0.05) is 41.9 Å². The van der Waals surface area contributed by atoms with E-state index in [0.717, 1.165) is 21.8 Å². The van der Waals surface area contributed by atoms with Gasteiger partial charge in [-0.1, -0.05) is 30.7 Å². The minimum atomic E-state index is -3.97. The molecule has 39 heavy (non-hydrogen) atoms. The lowest BCUT2D eigenvalue weighted by Gasteiger charge is -2.20. The summed E-state index contributed by atoms with van der Waals surface area (Å²) in [6.45, 7) is 1.32. The fourth-order valence-corrected chi connectivity index (χ4v) is 7.51. The Balaban J connectivity index is 1.55. The lowest BCUT2D eigenvalue weighted by Crippen LogP contribution is -2.36. The topological polar surface area (TPSA) is 163 Å². The van der Waals surface area contributed by atoms with Crippen LogP contribution in [-0.4, -0.2) is 62.5 Å². The van der Waals surface area contributed by atoms with E-state index in [-0.39, 0.29) is 42.1 Å². The number of carbonyl (C=O) groups is 2. The van der Waals surface area contributed by atoms with Crippen LogP contribution < -0.4 is 9.44 Å². The van der Waals surface area contributed by atoms with Crippen LogP contribution in [0.1, 0.15) is 28.8 Å². The fourth-order valence-electron chi connectivity index (χ4n) is 3.56. The van der Waals surface area contributed by atoms with E-state index in [9.17, 15) is 31.5 Å². The van der Waals surface area contributed by atoms with Gasteiger partial charge in [-0.25, -0.2) is 31.1 Å². The number of hydrogen-bond acceptors (Lipinski definition) is 8. The van der Waals surface area contributed by atoms with Crippen molar-refractivity contribution in [3.8, 4) is 0 Å². The van der Waals surface area contributed by atoms with Crippen LogP contribution in [0.2, 0.25) is 5.02 Å². The molecule has 1 unspecified atom stereocenters. The maximum absolute atomic E-state index is 12.7. The molecule has 0 fully saturated rings. The summed E-state index contributed by atoms with van der Waals surface area (Å²) in [5.74, 6) is -3.23. The Hall–Kier alpha value is -2.88. The van der Waals surface area contributed by atoms with Gasteiger partial charge in [0.1, 0.15) is 4.21 Å². The Kier molecular flexibility index (Phi) is 10.6. The van der Waals surface area contributed by atoms with E-state index in [4.69, 9.17) is 11.6 Å². The highest BCUT2D eigenvalue weighted by atomic mass is 35.5. The second-order valence-corrected chi connectivity index (χ2v) is 14.0. The number of hydrogen-bond donors (Lipinski definition) is 3. The molecule has 0 saturated carbocycles. The predicted octanol–water partition coefficient (Wildman–Crippen LogP) is 2.41. The molecule has 3 N–H and O–H groups in total. The molecule has 2 aromatic heterocycles. The molecule has 0 spiro atoms. The van der Waals surface area contributed by atoms with Crippen molar-refractivity contribution in [2.45, 2.75) is 30.1 Å². The average Bonchev–Trinajstić information content (AvgIpc) is 3.36. The van der Waals surface area contributed by atoms with Crippen LogP contribution in [0.4, 0.5) is 0 Å². The molecule has 0 aliphatic carbocycles. The number of carboxylic acids is 1. The highest BCUT2D eigenvalue weighted by Gasteiger charge is 2.24. The third kappa shape index (κ3) is 9.37. The molecule has 11 nitrogen and oxygen atoms in total. The van der Waals surface area contributed by atoms with Gasteiger partial charge in [-0.3, -0.25) is 9.78 Å². The van der Waals surface area contributed by atoms with Crippen LogP contribution in [0, 0.1) is 0 Å². The van der Waals surface area contributed by atoms with E-state index in [1.165, 1.54) is 24.5 Å². The number of thiophene rings is 1. The number of amides is 1. The fraction of sp³-hybridized carbons (Fsp3) is 0.292. The lowest BCUT2D eigenvalue weighted by molar-refractivity contribution is -0.156. The number of carboxylic acid groups (broad SMARTS) is 1. The van der Waals surface area contributed by atoms with Crippen LogP contribution in [0.15, 0.2) is 65.1 Å². The molecule has 0 aliphatic heterocycles. The van der Waals surface area contributed by atoms with E-state index in [0.29, 0.717) is 15.5 Å². The first-order valence-corrected chi connectivity index (χ1v) is 15.9. The van der Waals surface area contributed by atoms with Gasteiger partial charge in [0.25, 0.3) is 0 Å². The highest BCUT2D eigenvalue weighted by Crippen LogP contribution is 2.24. The maximum atomic E-state index is 12.7. The Morgan fingerprint density at radius 3 is 2.26 bits per heavy atom. The summed E-state index contributed by atoms with van der Waals surface area (Å²) in [5.41, 5.74) is 1.47. The number of pyridine rings is 1. The number of sulfonamides is 2. The maximum Gasteiger partial charge on any atom is 0.394 e. The standard InChI is InChI=1S/C24H27ClN4O7S3/c1-17(19-2-4-20(25)5-3-19)16-38(33,34)27-12-13-28-39(35,36)22-7-6-21(37-22)15-29(23(30)24(31)32)14-18-8-10-26-11-9-18/h2-11,17,27-28H,12-16H2,1H3,(H,31,32). The zero-order valence-corrected chi connectivity index (χ0v) is 24.0. The first-order chi connectivity index (χ1) is 18.4.